The third kappa shape index (κ3) is 15.4. The molecule has 0 amide bonds. The summed E-state index contributed by atoms with van der Waals surface area (Å²) in [5, 5.41) is 8.63. The van der Waals surface area contributed by atoms with Gasteiger partial charge in [-0.05, 0) is 38.5 Å². The highest BCUT2D eigenvalue weighted by Crippen LogP contribution is 2.06. The number of hydrogen-bond donors (Lipinski definition) is 1. The molecule has 0 spiro atoms. The molecule has 0 heterocycles. The molecule has 0 aliphatic rings. The average Bonchev–Trinajstić information content (AvgIpc) is 2.39. The summed E-state index contributed by atoms with van der Waals surface area (Å²) < 4.78 is 0. The van der Waals surface area contributed by atoms with Crippen LogP contribution in [0.4, 0.5) is 0 Å². The number of rotatable bonds is 13. The van der Waals surface area contributed by atoms with Gasteiger partial charge in [-0.25, -0.2) is 0 Å². The summed E-state index contributed by atoms with van der Waals surface area (Å²) in [5.74, 6) is 0. The van der Waals surface area contributed by atoms with Gasteiger partial charge in [-0.2, -0.15) is 0 Å². The van der Waals surface area contributed by atoms with Crippen LogP contribution in [0.3, 0.4) is 0 Å². The summed E-state index contributed by atoms with van der Waals surface area (Å²) >= 11 is 0. The van der Waals surface area contributed by atoms with Gasteiger partial charge in [0.25, 0.3) is 0 Å². The predicted octanol–water partition coefficient (Wildman–Crippen LogP) is 5.40. The zero-order valence-corrected chi connectivity index (χ0v) is 12.2. The molecule has 0 aromatic carbocycles. The van der Waals surface area contributed by atoms with Crippen molar-refractivity contribution >= 4 is 0 Å². The molecule has 1 N–H and O–H groups in total. The molecule has 0 saturated carbocycles. The Morgan fingerprint density at radius 2 is 1.22 bits per heavy atom. The van der Waals surface area contributed by atoms with E-state index in [2.05, 4.69) is 31.2 Å². The number of unbranched alkanes of at least 4 members (excludes halogenated alkanes) is 8. The second-order valence-electron chi connectivity index (χ2n) is 4.95. The van der Waals surface area contributed by atoms with Gasteiger partial charge in [0.15, 0.2) is 0 Å². The van der Waals surface area contributed by atoms with E-state index in [-0.39, 0.29) is 0 Å². The van der Waals surface area contributed by atoms with E-state index in [0.29, 0.717) is 6.61 Å². The zero-order chi connectivity index (χ0) is 13.3. The molecule has 1 nitrogen and oxygen atoms in total. The van der Waals surface area contributed by atoms with Crippen LogP contribution >= 0.6 is 0 Å². The molecule has 106 valence electrons. The zero-order valence-electron chi connectivity index (χ0n) is 12.2. The Bertz CT molecular complexity index is 194. The second-order valence-corrected chi connectivity index (χ2v) is 4.95. The van der Waals surface area contributed by atoms with Crippen LogP contribution in [0.15, 0.2) is 24.3 Å². The van der Waals surface area contributed by atoms with Crippen LogP contribution in [0.2, 0.25) is 0 Å². The normalized spacial score (nSPS) is 11.9. The maximum Gasteiger partial charge on any atom is 0.0431 e. The van der Waals surface area contributed by atoms with Crippen molar-refractivity contribution in [2.24, 2.45) is 0 Å². The lowest BCUT2D eigenvalue weighted by Gasteiger charge is -1.95. The minimum absolute atomic E-state index is 0.338. The van der Waals surface area contributed by atoms with Crippen molar-refractivity contribution < 1.29 is 5.11 Å². The third-order valence-electron chi connectivity index (χ3n) is 3.11. The van der Waals surface area contributed by atoms with Crippen molar-refractivity contribution in [1.29, 1.82) is 0 Å². The fourth-order valence-corrected chi connectivity index (χ4v) is 1.92. The summed E-state index contributed by atoms with van der Waals surface area (Å²) in [6.07, 6.45) is 22.8. The Morgan fingerprint density at radius 3 is 1.78 bits per heavy atom. The molecule has 0 aromatic rings. The van der Waals surface area contributed by atoms with Gasteiger partial charge in [0.1, 0.15) is 0 Å². The Hall–Kier alpha value is -0.560. The van der Waals surface area contributed by atoms with Gasteiger partial charge in [-0.1, -0.05) is 63.3 Å². The van der Waals surface area contributed by atoms with E-state index < -0.39 is 0 Å². The molecular weight excluding hydrogens is 220 g/mol. The number of aliphatic hydroxyl groups is 1. The van der Waals surface area contributed by atoms with Gasteiger partial charge in [0.2, 0.25) is 0 Å². The van der Waals surface area contributed by atoms with Crippen molar-refractivity contribution in [1.82, 2.24) is 0 Å². The molecule has 0 fully saturated rings. The minimum atomic E-state index is 0.338. The van der Waals surface area contributed by atoms with Gasteiger partial charge >= 0.3 is 0 Å². The first kappa shape index (κ1) is 17.4. The van der Waals surface area contributed by atoms with Crippen LogP contribution in [0, 0.1) is 0 Å². The van der Waals surface area contributed by atoms with Crippen molar-refractivity contribution in [2.45, 2.75) is 77.6 Å². The molecule has 0 rings (SSSR count). The van der Waals surface area contributed by atoms with E-state index >= 15 is 0 Å². The van der Waals surface area contributed by atoms with E-state index in [9.17, 15) is 0 Å². The molecule has 0 aliphatic heterocycles. The summed E-state index contributed by atoms with van der Waals surface area (Å²) in [5.41, 5.74) is 0. The Kier molecular flexibility index (Phi) is 15.9. The van der Waals surface area contributed by atoms with E-state index in [4.69, 9.17) is 5.11 Å². The van der Waals surface area contributed by atoms with E-state index in [1.807, 2.05) is 0 Å². The lowest BCUT2D eigenvalue weighted by atomic mass is 10.1. The molecule has 0 aliphatic carbocycles. The molecular formula is C17H32O. The van der Waals surface area contributed by atoms with Gasteiger partial charge in [-0.3, -0.25) is 0 Å². The van der Waals surface area contributed by atoms with Crippen molar-refractivity contribution in [3.8, 4) is 0 Å². The van der Waals surface area contributed by atoms with E-state index in [1.54, 1.807) is 0 Å². The second kappa shape index (κ2) is 16.4. The molecule has 0 atom stereocenters. The monoisotopic (exact) mass is 252 g/mol. The standard InChI is InChI=1S/C17H32O/c1-2-3-4-5-6-7-8-9-10-11-12-13-14-15-16-17-18/h8-9,11-12,18H,2-7,10,13-17H2,1H3/b9-8-,12-11-. The smallest absolute Gasteiger partial charge is 0.0431 e. The topological polar surface area (TPSA) is 20.2 Å². The highest BCUT2D eigenvalue weighted by Gasteiger charge is 1.86. The van der Waals surface area contributed by atoms with Crippen LogP contribution in [0.25, 0.3) is 0 Å². The van der Waals surface area contributed by atoms with Crippen LogP contribution in [0.1, 0.15) is 77.6 Å². The molecule has 0 radical (unpaired) electrons. The third-order valence-corrected chi connectivity index (χ3v) is 3.11. The predicted molar refractivity (Wildman–Crippen MR) is 81.8 cm³/mol. The van der Waals surface area contributed by atoms with Gasteiger partial charge < -0.3 is 5.11 Å². The lowest BCUT2D eigenvalue weighted by Crippen LogP contribution is -1.81. The fourth-order valence-electron chi connectivity index (χ4n) is 1.92. The fraction of sp³-hybridized carbons (Fsp3) is 0.765. The molecule has 0 aromatic heterocycles. The van der Waals surface area contributed by atoms with Gasteiger partial charge in [0, 0.05) is 6.61 Å². The Labute approximate surface area is 114 Å². The van der Waals surface area contributed by atoms with Crippen molar-refractivity contribution in [3.05, 3.63) is 24.3 Å². The van der Waals surface area contributed by atoms with Crippen LogP contribution in [-0.2, 0) is 0 Å². The average molecular weight is 252 g/mol. The molecule has 0 saturated heterocycles. The highest BCUT2D eigenvalue weighted by molar-refractivity contribution is 4.92. The summed E-state index contributed by atoms with van der Waals surface area (Å²) in [7, 11) is 0. The maximum absolute atomic E-state index is 8.63. The number of allylic oxidation sites excluding steroid dienone is 4. The number of aliphatic hydroxyl groups excluding tert-OH is 1. The quantitative estimate of drug-likeness (QED) is 0.343. The van der Waals surface area contributed by atoms with Crippen LogP contribution in [-0.4, -0.2) is 11.7 Å². The lowest BCUT2D eigenvalue weighted by molar-refractivity contribution is 0.283. The van der Waals surface area contributed by atoms with Crippen molar-refractivity contribution in [2.75, 3.05) is 6.61 Å². The Morgan fingerprint density at radius 1 is 0.667 bits per heavy atom. The molecule has 1 heteroatoms. The Balaban J connectivity index is 3.14. The van der Waals surface area contributed by atoms with Gasteiger partial charge in [-0.15, -0.1) is 0 Å². The first-order valence-electron chi connectivity index (χ1n) is 7.82. The first-order chi connectivity index (χ1) is 8.91. The van der Waals surface area contributed by atoms with Crippen LogP contribution < -0.4 is 0 Å². The highest BCUT2D eigenvalue weighted by atomic mass is 16.2. The summed E-state index contributed by atoms with van der Waals surface area (Å²) in [6, 6.07) is 0. The SMILES string of the molecule is CCCCCCC/C=C\C/C=C\CCCCCO. The summed E-state index contributed by atoms with van der Waals surface area (Å²) in [6.45, 7) is 2.60. The van der Waals surface area contributed by atoms with E-state index in [0.717, 1.165) is 25.7 Å². The molecule has 18 heavy (non-hydrogen) atoms. The van der Waals surface area contributed by atoms with E-state index in [1.165, 1.54) is 44.9 Å². The van der Waals surface area contributed by atoms with Crippen LogP contribution in [0.5, 0.6) is 0 Å². The molecule has 0 bridgehead atoms. The van der Waals surface area contributed by atoms with Crippen molar-refractivity contribution in [3.63, 3.8) is 0 Å². The molecule has 0 unspecified atom stereocenters. The summed E-state index contributed by atoms with van der Waals surface area (Å²) in [4.78, 5) is 0. The van der Waals surface area contributed by atoms with Gasteiger partial charge in [0.05, 0.1) is 0 Å². The largest absolute Gasteiger partial charge is 0.396 e. The first-order valence-corrected chi connectivity index (χ1v) is 7.82. The minimum Gasteiger partial charge on any atom is -0.396 e. The maximum atomic E-state index is 8.63. The number of hydrogen-bond acceptors (Lipinski definition) is 1.